The first-order chi connectivity index (χ1) is 12.0. The second kappa shape index (κ2) is 8.02. The Morgan fingerprint density at radius 3 is 2.76 bits per heavy atom. The fourth-order valence-corrected chi connectivity index (χ4v) is 3.42. The van der Waals surface area contributed by atoms with Crippen LogP contribution in [0.2, 0.25) is 5.02 Å². The van der Waals surface area contributed by atoms with Crippen LogP contribution in [0.15, 0.2) is 30.5 Å². The van der Waals surface area contributed by atoms with Crippen LogP contribution in [-0.2, 0) is 24.4 Å². The lowest BCUT2D eigenvalue weighted by Gasteiger charge is -2.22. The summed E-state index contributed by atoms with van der Waals surface area (Å²) in [4.78, 5) is 16.8. The van der Waals surface area contributed by atoms with Gasteiger partial charge in [0, 0.05) is 62.5 Å². The smallest absolute Gasteiger partial charge is 0.224 e. The summed E-state index contributed by atoms with van der Waals surface area (Å²) in [6, 6.07) is 7.74. The van der Waals surface area contributed by atoms with Crippen LogP contribution in [0.1, 0.15) is 30.2 Å². The SMILES string of the molecule is CCn1cc(CN2CCC(=O)N(Cc3cccc(Cl)c3)CC2)c(C)n1. The van der Waals surface area contributed by atoms with Gasteiger partial charge in [0.05, 0.1) is 5.69 Å². The van der Waals surface area contributed by atoms with E-state index in [-0.39, 0.29) is 5.91 Å². The molecule has 0 bridgehead atoms. The van der Waals surface area contributed by atoms with Gasteiger partial charge in [-0.2, -0.15) is 5.10 Å². The molecule has 0 aliphatic carbocycles. The summed E-state index contributed by atoms with van der Waals surface area (Å²) in [5.74, 6) is 0.212. The van der Waals surface area contributed by atoms with Gasteiger partial charge in [-0.25, -0.2) is 0 Å². The average Bonchev–Trinajstić information content (AvgIpc) is 2.86. The summed E-state index contributed by atoms with van der Waals surface area (Å²) in [7, 11) is 0. The first-order valence-corrected chi connectivity index (χ1v) is 9.20. The van der Waals surface area contributed by atoms with Crippen molar-refractivity contribution in [1.29, 1.82) is 0 Å². The fraction of sp³-hybridized carbons (Fsp3) is 0.474. The monoisotopic (exact) mass is 360 g/mol. The third-order valence-electron chi connectivity index (χ3n) is 4.71. The van der Waals surface area contributed by atoms with E-state index in [0.717, 1.165) is 44.0 Å². The molecule has 0 N–H and O–H groups in total. The third kappa shape index (κ3) is 4.61. The van der Waals surface area contributed by atoms with E-state index in [9.17, 15) is 4.79 Å². The van der Waals surface area contributed by atoms with E-state index in [0.29, 0.717) is 18.0 Å². The molecular weight excluding hydrogens is 336 g/mol. The average molecular weight is 361 g/mol. The fourth-order valence-electron chi connectivity index (χ4n) is 3.21. The highest BCUT2D eigenvalue weighted by Crippen LogP contribution is 2.16. The van der Waals surface area contributed by atoms with E-state index < -0.39 is 0 Å². The van der Waals surface area contributed by atoms with Gasteiger partial charge in [0.2, 0.25) is 5.91 Å². The van der Waals surface area contributed by atoms with E-state index in [1.165, 1.54) is 5.56 Å². The second-order valence-corrected chi connectivity index (χ2v) is 7.00. The van der Waals surface area contributed by atoms with E-state index in [4.69, 9.17) is 11.6 Å². The maximum atomic E-state index is 12.5. The standard InChI is InChI=1S/C19H25ClN4O/c1-3-24-14-17(15(2)21-24)13-22-8-7-19(25)23(10-9-22)12-16-5-4-6-18(20)11-16/h4-6,11,14H,3,7-10,12-13H2,1-2H3. The number of benzene rings is 1. The maximum absolute atomic E-state index is 12.5. The molecule has 6 heteroatoms. The van der Waals surface area contributed by atoms with Crippen LogP contribution < -0.4 is 0 Å². The maximum Gasteiger partial charge on any atom is 0.224 e. The van der Waals surface area contributed by atoms with Gasteiger partial charge in [-0.1, -0.05) is 23.7 Å². The Balaban J connectivity index is 1.62. The molecule has 0 saturated carbocycles. The van der Waals surface area contributed by atoms with Crippen LogP contribution in [0.3, 0.4) is 0 Å². The van der Waals surface area contributed by atoms with Gasteiger partial charge in [-0.15, -0.1) is 0 Å². The quantitative estimate of drug-likeness (QED) is 0.822. The molecule has 5 nitrogen and oxygen atoms in total. The van der Waals surface area contributed by atoms with Crippen molar-refractivity contribution >= 4 is 17.5 Å². The number of carbonyl (C=O) groups excluding carboxylic acids is 1. The molecule has 1 aromatic heterocycles. The molecule has 3 rings (SSSR count). The minimum atomic E-state index is 0.212. The molecule has 1 fully saturated rings. The molecule has 0 atom stereocenters. The Morgan fingerprint density at radius 2 is 2.04 bits per heavy atom. The third-order valence-corrected chi connectivity index (χ3v) is 4.94. The van der Waals surface area contributed by atoms with Gasteiger partial charge in [-0.05, 0) is 31.5 Å². The number of hydrogen-bond acceptors (Lipinski definition) is 3. The van der Waals surface area contributed by atoms with Gasteiger partial charge < -0.3 is 4.90 Å². The first-order valence-electron chi connectivity index (χ1n) is 8.82. The lowest BCUT2D eigenvalue weighted by molar-refractivity contribution is -0.130. The number of aryl methyl sites for hydroxylation is 2. The van der Waals surface area contributed by atoms with Crippen molar-refractivity contribution in [2.45, 2.75) is 39.9 Å². The van der Waals surface area contributed by atoms with Gasteiger partial charge >= 0.3 is 0 Å². The summed E-state index contributed by atoms with van der Waals surface area (Å²) >= 11 is 6.05. The van der Waals surface area contributed by atoms with Crippen molar-refractivity contribution in [3.63, 3.8) is 0 Å². The Hall–Kier alpha value is -1.85. The topological polar surface area (TPSA) is 41.4 Å². The number of hydrogen-bond donors (Lipinski definition) is 0. The van der Waals surface area contributed by atoms with Crippen molar-refractivity contribution in [2.24, 2.45) is 0 Å². The van der Waals surface area contributed by atoms with Crippen molar-refractivity contribution in [1.82, 2.24) is 19.6 Å². The van der Waals surface area contributed by atoms with E-state index in [2.05, 4.69) is 30.0 Å². The number of nitrogens with zero attached hydrogens (tertiary/aromatic N) is 4. The molecule has 1 aliphatic heterocycles. The molecule has 2 heterocycles. The van der Waals surface area contributed by atoms with Crippen molar-refractivity contribution in [3.8, 4) is 0 Å². The zero-order chi connectivity index (χ0) is 17.8. The molecule has 1 aromatic carbocycles. The molecule has 1 amide bonds. The number of rotatable bonds is 5. The Morgan fingerprint density at radius 1 is 1.20 bits per heavy atom. The highest BCUT2D eigenvalue weighted by atomic mass is 35.5. The predicted octanol–water partition coefficient (Wildman–Crippen LogP) is 3.10. The summed E-state index contributed by atoms with van der Waals surface area (Å²) in [5.41, 5.74) is 3.40. The van der Waals surface area contributed by atoms with Gasteiger partial charge in [0.1, 0.15) is 0 Å². The van der Waals surface area contributed by atoms with E-state index >= 15 is 0 Å². The van der Waals surface area contributed by atoms with Crippen molar-refractivity contribution in [3.05, 3.63) is 52.3 Å². The zero-order valence-corrected chi connectivity index (χ0v) is 15.7. The van der Waals surface area contributed by atoms with Gasteiger partial charge in [-0.3, -0.25) is 14.4 Å². The lowest BCUT2D eigenvalue weighted by atomic mass is 10.2. The number of amides is 1. The van der Waals surface area contributed by atoms with Crippen LogP contribution in [0.25, 0.3) is 0 Å². The summed E-state index contributed by atoms with van der Waals surface area (Å²) in [6.07, 6.45) is 2.67. The molecule has 0 unspecified atom stereocenters. The lowest BCUT2D eigenvalue weighted by Crippen LogP contribution is -2.32. The van der Waals surface area contributed by atoms with Crippen molar-refractivity contribution in [2.75, 3.05) is 19.6 Å². The second-order valence-electron chi connectivity index (χ2n) is 6.57. The molecule has 134 valence electrons. The Labute approximate surface area is 154 Å². The summed E-state index contributed by atoms with van der Waals surface area (Å²) in [5, 5.41) is 5.22. The van der Waals surface area contributed by atoms with E-state index in [1.54, 1.807) is 0 Å². The number of halogens is 1. The largest absolute Gasteiger partial charge is 0.337 e. The summed E-state index contributed by atoms with van der Waals surface area (Å²) < 4.78 is 1.97. The molecule has 0 radical (unpaired) electrons. The normalized spacial score (nSPS) is 16.3. The molecule has 0 spiro atoms. The van der Waals surface area contributed by atoms with Gasteiger partial charge in [0.15, 0.2) is 0 Å². The Kier molecular flexibility index (Phi) is 5.76. The molecular formula is C19H25ClN4O. The molecule has 1 aliphatic rings. The molecule has 25 heavy (non-hydrogen) atoms. The van der Waals surface area contributed by atoms with Crippen LogP contribution >= 0.6 is 11.6 Å². The first kappa shape index (κ1) is 18.0. The molecule has 2 aromatic rings. The highest BCUT2D eigenvalue weighted by molar-refractivity contribution is 6.30. The highest BCUT2D eigenvalue weighted by Gasteiger charge is 2.22. The molecule has 1 saturated heterocycles. The van der Waals surface area contributed by atoms with Gasteiger partial charge in [0.25, 0.3) is 0 Å². The minimum Gasteiger partial charge on any atom is -0.337 e. The summed E-state index contributed by atoms with van der Waals surface area (Å²) in [6.45, 7) is 8.92. The number of carbonyl (C=O) groups is 1. The van der Waals surface area contributed by atoms with E-state index in [1.807, 2.05) is 33.8 Å². The zero-order valence-electron chi connectivity index (χ0n) is 14.9. The van der Waals surface area contributed by atoms with Crippen LogP contribution in [0.4, 0.5) is 0 Å². The van der Waals surface area contributed by atoms with Crippen LogP contribution in [-0.4, -0.2) is 45.1 Å². The number of aromatic nitrogens is 2. The van der Waals surface area contributed by atoms with Crippen LogP contribution in [0.5, 0.6) is 0 Å². The minimum absolute atomic E-state index is 0.212. The van der Waals surface area contributed by atoms with Crippen LogP contribution in [0, 0.1) is 6.92 Å². The predicted molar refractivity (Wildman–Crippen MR) is 99.4 cm³/mol. The van der Waals surface area contributed by atoms with Crippen molar-refractivity contribution < 1.29 is 4.79 Å². The Bertz CT molecular complexity index is 743.